The molecule has 12 atom stereocenters. The van der Waals surface area contributed by atoms with Crippen LogP contribution in [0.1, 0.15) is 130 Å². The van der Waals surface area contributed by atoms with Crippen LogP contribution in [0.15, 0.2) is 35.5 Å². The Morgan fingerprint density at radius 2 is 1.07 bits per heavy atom. The number of fused-ring (bicyclic) bond motifs is 10. The zero-order valence-corrected chi connectivity index (χ0v) is 27.1. The lowest BCUT2D eigenvalue weighted by Gasteiger charge is -2.58. The summed E-state index contributed by atoms with van der Waals surface area (Å²) in [6.45, 7) is 13.9. The van der Waals surface area contributed by atoms with Crippen molar-refractivity contribution in [2.24, 2.45) is 57.2 Å². The van der Waals surface area contributed by atoms with Crippen molar-refractivity contribution in [3.63, 3.8) is 0 Å². The maximum Gasteiger partial charge on any atom is 0.155 e. The van der Waals surface area contributed by atoms with Crippen LogP contribution in [0.2, 0.25) is 0 Å². The fourth-order valence-electron chi connectivity index (χ4n) is 13.2. The van der Waals surface area contributed by atoms with E-state index in [1.54, 1.807) is 5.57 Å². The van der Waals surface area contributed by atoms with Gasteiger partial charge in [-0.1, -0.05) is 57.1 Å². The number of aliphatic hydroxyl groups excluding tert-OH is 2. The summed E-state index contributed by atoms with van der Waals surface area (Å²) in [6.07, 6.45) is 23.1. The van der Waals surface area contributed by atoms with Gasteiger partial charge in [-0.3, -0.25) is 4.79 Å². The number of carbonyl (C=O) groups is 1. The lowest BCUT2D eigenvalue weighted by atomic mass is 9.47. The number of carbonyl (C=O) groups excluding carboxylic acids is 1. The Balaban J connectivity index is 0.000000137. The molecule has 6 saturated carbocycles. The van der Waals surface area contributed by atoms with Gasteiger partial charge in [0, 0.05) is 6.42 Å². The van der Waals surface area contributed by atoms with Crippen LogP contribution in [-0.4, -0.2) is 28.2 Å². The molecule has 6 fully saturated rings. The molecule has 0 amide bonds. The smallest absolute Gasteiger partial charge is 0.155 e. The first-order chi connectivity index (χ1) is 19.9. The fourth-order valence-corrected chi connectivity index (χ4v) is 13.2. The van der Waals surface area contributed by atoms with Crippen molar-refractivity contribution >= 4 is 5.78 Å². The summed E-state index contributed by atoms with van der Waals surface area (Å²) in [5, 5.41) is 20.9. The first kappa shape index (κ1) is 29.5. The highest BCUT2D eigenvalue weighted by atomic mass is 16.3. The molecule has 0 bridgehead atoms. The highest BCUT2D eigenvalue weighted by Crippen LogP contribution is 2.67. The summed E-state index contributed by atoms with van der Waals surface area (Å²) in [7, 11) is 0. The van der Waals surface area contributed by atoms with Crippen molar-refractivity contribution in [2.75, 3.05) is 0 Å². The molecule has 0 spiro atoms. The maximum atomic E-state index is 11.8. The number of rotatable bonds is 0. The average molecular weight is 575 g/mol. The number of hydrogen-bond donors (Lipinski definition) is 2. The molecule has 3 heteroatoms. The van der Waals surface area contributed by atoms with Gasteiger partial charge in [-0.2, -0.15) is 0 Å². The SMILES string of the molecule is C=C1C=C2CCC3C(CC[C@@]4(C)C3CC[C@@H]4O)[C@@]2(C)CC1.C[C@]12CCC(=O)C=C1CCC1C2CC[C@@]2(C)C1CC[C@@H]2O. The third kappa shape index (κ3) is 4.21. The van der Waals surface area contributed by atoms with Gasteiger partial charge >= 0.3 is 0 Å². The monoisotopic (exact) mass is 574 g/mol. The fraction of sp³-hybridized carbons (Fsp3) is 0.821. The number of ketones is 1. The normalized spacial score (nSPS) is 52.7. The molecule has 3 nitrogen and oxygen atoms in total. The van der Waals surface area contributed by atoms with E-state index in [1.165, 1.54) is 81.8 Å². The molecule has 232 valence electrons. The molecule has 0 aromatic heterocycles. The van der Waals surface area contributed by atoms with Crippen LogP contribution in [0.5, 0.6) is 0 Å². The summed E-state index contributed by atoms with van der Waals surface area (Å²) in [5.74, 6) is 5.06. The van der Waals surface area contributed by atoms with Gasteiger partial charge < -0.3 is 10.2 Å². The maximum absolute atomic E-state index is 11.8. The minimum absolute atomic E-state index is 0.0423. The quantitative estimate of drug-likeness (QED) is 0.304. The first-order valence-corrected chi connectivity index (χ1v) is 17.9. The third-order valence-electron chi connectivity index (χ3n) is 15.9. The predicted octanol–water partition coefficient (Wildman–Crippen LogP) is 8.75. The van der Waals surface area contributed by atoms with E-state index in [-0.39, 0.29) is 28.5 Å². The van der Waals surface area contributed by atoms with E-state index in [1.807, 2.05) is 6.08 Å². The van der Waals surface area contributed by atoms with Crippen LogP contribution in [0.25, 0.3) is 0 Å². The van der Waals surface area contributed by atoms with Gasteiger partial charge in [0.2, 0.25) is 0 Å². The summed E-state index contributed by atoms with van der Waals surface area (Å²) >= 11 is 0. The van der Waals surface area contributed by atoms with Gasteiger partial charge in [-0.05, 0) is 160 Å². The van der Waals surface area contributed by atoms with Gasteiger partial charge in [0.1, 0.15) is 0 Å². The van der Waals surface area contributed by atoms with Gasteiger partial charge in [0.25, 0.3) is 0 Å². The summed E-state index contributed by atoms with van der Waals surface area (Å²) < 4.78 is 0. The van der Waals surface area contributed by atoms with Crippen molar-refractivity contribution in [3.8, 4) is 0 Å². The Morgan fingerprint density at radius 1 is 0.595 bits per heavy atom. The van der Waals surface area contributed by atoms with Crippen LogP contribution in [0.3, 0.4) is 0 Å². The zero-order chi connectivity index (χ0) is 29.7. The molecule has 0 aromatic rings. The van der Waals surface area contributed by atoms with Gasteiger partial charge in [-0.25, -0.2) is 0 Å². The van der Waals surface area contributed by atoms with Crippen LogP contribution < -0.4 is 0 Å². The molecule has 0 heterocycles. The second-order valence-corrected chi connectivity index (χ2v) is 17.4. The highest BCUT2D eigenvalue weighted by Gasteiger charge is 2.60. The minimum Gasteiger partial charge on any atom is -0.393 e. The van der Waals surface area contributed by atoms with E-state index in [2.05, 4.69) is 40.3 Å². The molecule has 42 heavy (non-hydrogen) atoms. The molecule has 0 aliphatic heterocycles. The molecule has 0 saturated heterocycles. The van der Waals surface area contributed by atoms with E-state index < -0.39 is 0 Å². The van der Waals surface area contributed by atoms with Crippen molar-refractivity contribution in [1.82, 2.24) is 0 Å². The molecule has 8 rings (SSSR count). The van der Waals surface area contributed by atoms with Crippen molar-refractivity contribution in [3.05, 3.63) is 35.5 Å². The lowest BCUT2D eigenvalue weighted by molar-refractivity contribution is -0.118. The Hall–Kier alpha value is -1.19. The Labute approximate surface area is 255 Å². The van der Waals surface area contributed by atoms with Crippen molar-refractivity contribution < 1.29 is 15.0 Å². The molecule has 0 radical (unpaired) electrons. The highest BCUT2D eigenvalue weighted by molar-refractivity contribution is 5.91. The topological polar surface area (TPSA) is 57.5 Å². The molecule has 8 aliphatic carbocycles. The second-order valence-electron chi connectivity index (χ2n) is 17.4. The van der Waals surface area contributed by atoms with E-state index in [4.69, 9.17) is 0 Å². The summed E-state index contributed by atoms with van der Waals surface area (Å²) in [5.41, 5.74) is 5.58. The molecular weight excluding hydrogens is 516 g/mol. The van der Waals surface area contributed by atoms with Crippen LogP contribution in [0.4, 0.5) is 0 Å². The largest absolute Gasteiger partial charge is 0.393 e. The van der Waals surface area contributed by atoms with Crippen LogP contribution >= 0.6 is 0 Å². The standard InChI is InChI=1S/C20H30O.C19H28O2/c1-13-8-10-19(2)14(12-13)4-5-15-16-6-7-18(21)20(16,3)11-9-17(15)19;1-18-9-7-13(20)11-12(18)3-4-14-15-5-6-17(21)19(15,2)10-8-16(14)18/h12,15-18,21H,1,4-11H2,2-3H3;11,14-17,21H,3-10H2,1-2H3/t15?,16?,17?,18-,19-,20-;14?,15?,16?,17-,18-,19-/m00/s1. The van der Waals surface area contributed by atoms with Gasteiger partial charge in [0.05, 0.1) is 12.2 Å². The summed E-state index contributed by atoms with van der Waals surface area (Å²) in [4.78, 5) is 11.8. The lowest BCUT2D eigenvalue weighted by Crippen LogP contribution is -2.51. The van der Waals surface area contributed by atoms with Crippen molar-refractivity contribution in [2.45, 2.75) is 143 Å². The zero-order valence-electron chi connectivity index (χ0n) is 27.1. The van der Waals surface area contributed by atoms with Crippen LogP contribution in [0, 0.1) is 57.2 Å². The molecule has 0 aromatic carbocycles. The third-order valence-corrected chi connectivity index (χ3v) is 15.9. The molecule has 6 unspecified atom stereocenters. The van der Waals surface area contributed by atoms with E-state index >= 15 is 0 Å². The number of aliphatic hydroxyl groups is 2. The average Bonchev–Trinajstić information content (AvgIpc) is 3.44. The Bertz CT molecular complexity index is 1100. The minimum atomic E-state index is -0.0823. The molecular formula is C39H58O3. The molecule has 8 aliphatic rings. The van der Waals surface area contributed by atoms with E-state index in [0.717, 1.165) is 61.7 Å². The number of hydrogen-bond acceptors (Lipinski definition) is 3. The van der Waals surface area contributed by atoms with E-state index in [0.29, 0.717) is 17.1 Å². The number of allylic oxidation sites excluding steroid dienone is 4. The predicted molar refractivity (Wildman–Crippen MR) is 170 cm³/mol. The first-order valence-electron chi connectivity index (χ1n) is 17.9. The van der Waals surface area contributed by atoms with Gasteiger partial charge in [0.15, 0.2) is 5.78 Å². The van der Waals surface area contributed by atoms with Crippen molar-refractivity contribution in [1.29, 1.82) is 0 Å². The Morgan fingerprint density at radius 3 is 1.60 bits per heavy atom. The Kier molecular flexibility index (Phi) is 7.14. The molecule has 2 N–H and O–H groups in total. The van der Waals surface area contributed by atoms with Crippen LogP contribution in [-0.2, 0) is 4.79 Å². The van der Waals surface area contributed by atoms with Gasteiger partial charge in [-0.15, -0.1) is 0 Å². The van der Waals surface area contributed by atoms with E-state index in [9.17, 15) is 15.0 Å². The summed E-state index contributed by atoms with van der Waals surface area (Å²) in [6, 6.07) is 0. The second kappa shape index (κ2) is 10.2.